The normalized spacial score (nSPS) is 9.62. The van der Waals surface area contributed by atoms with E-state index >= 15 is 0 Å². The molecular weight excluding hydrogens is 218 g/mol. The maximum Gasteiger partial charge on any atom is 0.282 e. The van der Waals surface area contributed by atoms with Crippen molar-refractivity contribution in [1.29, 1.82) is 0 Å². The van der Waals surface area contributed by atoms with Crippen LogP contribution in [-0.4, -0.2) is 25.1 Å². The van der Waals surface area contributed by atoms with E-state index in [2.05, 4.69) is 0 Å². The van der Waals surface area contributed by atoms with Crippen molar-refractivity contribution < 1.29 is 24.3 Å². The van der Waals surface area contributed by atoms with Gasteiger partial charge in [0, 0.05) is 0 Å². The Bertz CT molecular complexity index is 401. The van der Waals surface area contributed by atoms with E-state index in [1.54, 1.807) is 0 Å². The number of methoxy groups -OCH3 is 2. The van der Waals surface area contributed by atoms with E-state index in [-0.39, 0.29) is 11.5 Å². The molecule has 0 saturated carbocycles. The van der Waals surface area contributed by atoms with Gasteiger partial charge in [0.05, 0.1) is 36.7 Å². The minimum atomic E-state index is -1.65. The molecule has 1 aromatic carbocycles. The Morgan fingerprint density at radius 1 is 1.25 bits per heavy atom. The molecule has 1 aromatic rings. The third-order valence-electron chi connectivity index (χ3n) is 1.92. The summed E-state index contributed by atoms with van der Waals surface area (Å²) in [6.45, 7) is 0. The highest BCUT2D eigenvalue weighted by Crippen LogP contribution is 2.33. The number of hydrogen-bond donors (Lipinski definition) is 0. The fourth-order valence-corrected chi connectivity index (χ4v) is 1.18. The lowest BCUT2D eigenvalue weighted by atomic mass is 10.1. The Hall–Kier alpha value is -2.31. The molecule has 0 radical (unpaired) electrons. The molecule has 0 spiro atoms. The molecule has 0 heterocycles. The number of ether oxygens (including phenoxy) is 2. The van der Waals surface area contributed by atoms with Gasteiger partial charge in [-0.2, -0.15) is 0 Å². The summed E-state index contributed by atoms with van der Waals surface area (Å²) >= 11 is 0. The highest BCUT2D eigenvalue weighted by Gasteiger charge is 2.19. The Morgan fingerprint density at radius 2 is 1.75 bits per heavy atom. The summed E-state index contributed by atoms with van der Waals surface area (Å²) in [5.74, 6) is -1.47. The smallest absolute Gasteiger partial charge is 0.282 e. The predicted molar refractivity (Wildman–Crippen MR) is 50.5 cm³/mol. The van der Waals surface area contributed by atoms with Gasteiger partial charge in [0.1, 0.15) is 0 Å². The summed E-state index contributed by atoms with van der Waals surface area (Å²) in [6, 6.07) is 1.97. The summed E-state index contributed by atoms with van der Waals surface area (Å²) in [4.78, 5) is 20.5. The summed E-state index contributed by atoms with van der Waals surface area (Å²) < 4.78 is 9.64. The van der Waals surface area contributed by atoms with Crippen molar-refractivity contribution in [3.63, 3.8) is 0 Å². The van der Waals surface area contributed by atoms with Crippen LogP contribution in [-0.2, 0) is 0 Å². The summed E-state index contributed by atoms with van der Waals surface area (Å²) in [5.41, 5.74) is -1.15. The van der Waals surface area contributed by atoms with Gasteiger partial charge in [-0.1, -0.05) is 0 Å². The second-order valence-electron chi connectivity index (χ2n) is 2.77. The number of rotatable bonds is 4. The number of carboxylic acid groups (broad SMARTS) is 1. The zero-order valence-electron chi connectivity index (χ0n) is 8.55. The molecule has 7 nitrogen and oxygen atoms in total. The van der Waals surface area contributed by atoms with Crippen molar-refractivity contribution in [2.24, 2.45) is 0 Å². The first-order chi connectivity index (χ1) is 7.51. The SMILES string of the molecule is COc1cc(C(=O)[O-])c([N+](=O)[O-])cc1OC. The van der Waals surface area contributed by atoms with E-state index in [4.69, 9.17) is 9.47 Å². The number of nitro groups is 1. The van der Waals surface area contributed by atoms with Crippen LogP contribution in [0.3, 0.4) is 0 Å². The number of nitrogens with zero attached hydrogens (tertiary/aromatic N) is 1. The molecular formula is C9H8NO6-. The maximum atomic E-state index is 10.7. The fourth-order valence-electron chi connectivity index (χ4n) is 1.18. The van der Waals surface area contributed by atoms with E-state index in [1.165, 1.54) is 14.2 Å². The molecule has 7 heteroatoms. The summed E-state index contributed by atoms with van der Waals surface area (Å²) in [5, 5.41) is 21.3. The van der Waals surface area contributed by atoms with Crippen LogP contribution in [0, 0.1) is 10.1 Å². The second-order valence-corrected chi connectivity index (χ2v) is 2.77. The molecule has 0 N–H and O–H groups in total. The third kappa shape index (κ3) is 2.02. The minimum Gasteiger partial charge on any atom is -0.545 e. The average Bonchev–Trinajstić information content (AvgIpc) is 2.26. The van der Waals surface area contributed by atoms with Gasteiger partial charge in [0.15, 0.2) is 11.5 Å². The van der Waals surface area contributed by atoms with E-state index in [0.717, 1.165) is 12.1 Å². The topological polar surface area (TPSA) is 102 Å². The zero-order valence-corrected chi connectivity index (χ0v) is 8.55. The molecule has 0 aliphatic heterocycles. The average molecular weight is 226 g/mol. The fraction of sp³-hybridized carbons (Fsp3) is 0.222. The molecule has 0 amide bonds. The Kier molecular flexibility index (Phi) is 3.29. The number of carbonyl (C=O) groups is 1. The molecule has 0 aliphatic carbocycles. The quantitative estimate of drug-likeness (QED) is 0.528. The zero-order chi connectivity index (χ0) is 12.3. The maximum absolute atomic E-state index is 10.7. The number of benzene rings is 1. The van der Waals surface area contributed by atoms with Crippen molar-refractivity contribution in [2.45, 2.75) is 0 Å². The van der Waals surface area contributed by atoms with Gasteiger partial charge in [-0.25, -0.2) is 0 Å². The first-order valence-corrected chi connectivity index (χ1v) is 4.13. The molecule has 0 fully saturated rings. The number of carboxylic acids is 1. The van der Waals surface area contributed by atoms with Gasteiger partial charge < -0.3 is 19.4 Å². The van der Waals surface area contributed by atoms with E-state index in [9.17, 15) is 20.0 Å². The summed E-state index contributed by atoms with van der Waals surface area (Å²) in [6.07, 6.45) is 0. The van der Waals surface area contributed by atoms with Crippen molar-refractivity contribution in [3.05, 3.63) is 27.8 Å². The molecule has 0 aromatic heterocycles. The van der Waals surface area contributed by atoms with Crippen LogP contribution >= 0.6 is 0 Å². The highest BCUT2D eigenvalue weighted by molar-refractivity contribution is 5.92. The third-order valence-corrected chi connectivity index (χ3v) is 1.92. The van der Waals surface area contributed by atoms with Crippen LogP contribution in [0.4, 0.5) is 5.69 Å². The van der Waals surface area contributed by atoms with Gasteiger partial charge in [0.2, 0.25) is 0 Å². The number of carbonyl (C=O) groups excluding carboxylic acids is 1. The van der Waals surface area contributed by atoms with Crippen LogP contribution in [0.15, 0.2) is 12.1 Å². The molecule has 0 bridgehead atoms. The van der Waals surface area contributed by atoms with Crippen molar-refractivity contribution in [2.75, 3.05) is 14.2 Å². The first kappa shape index (κ1) is 11.8. The molecule has 0 aliphatic rings. The number of nitro benzene ring substituents is 1. The van der Waals surface area contributed by atoms with E-state index in [1.807, 2.05) is 0 Å². The Morgan fingerprint density at radius 3 is 2.12 bits per heavy atom. The monoisotopic (exact) mass is 226 g/mol. The van der Waals surface area contributed by atoms with Gasteiger partial charge in [-0.15, -0.1) is 0 Å². The molecule has 0 unspecified atom stereocenters. The second kappa shape index (κ2) is 4.47. The molecule has 0 atom stereocenters. The molecule has 0 saturated heterocycles. The van der Waals surface area contributed by atoms with E-state index < -0.39 is 22.1 Å². The predicted octanol–water partition coefficient (Wildman–Crippen LogP) is -0.0245. The van der Waals surface area contributed by atoms with Crippen molar-refractivity contribution >= 4 is 11.7 Å². The largest absolute Gasteiger partial charge is 0.545 e. The molecule has 86 valence electrons. The van der Waals surface area contributed by atoms with E-state index in [0.29, 0.717) is 0 Å². The number of hydrogen-bond acceptors (Lipinski definition) is 6. The van der Waals surface area contributed by atoms with Gasteiger partial charge in [-0.3, -0.25) is 10.1 Å². The Labute approximate surface area is 90.4 Å². The Balaban J connectivity index is 3.47. The van der Waals surface area contributed by atoms with Crippen LogP contribution < -0.4 is 14.6 Å². The van der Waals surface area contributed by atoms with Gasteiger partial charge in [-0.05, 0) is 6.07 Å². The standard InChI is InChI=1S/C9H9NO6/c1-15-7-3-5(9(11)12)6(10(13)14)4-8(7)16-2/h3-4H,1-2H3,(H,11,12)/p-1. The van der Waals surface area contributed by atoms with Crippen LogP contribution in [0.2, 0.25) is 0 Å². The van der Waals surface area contributed by atoms with Gasteiger partial charge >= 0.3 is 0 Å². The molecule has 16 heavy (non-hydrogen) atoms. The minimum absolute atomic E-state index is 0.0826. The van der Waals surface area contributed by atoms with Crippen molar-refractivity contribution in [3.8, 4) is 11.5 Å². The van der Waals surface area contributed by atoms with Crippen LogP contribution in [0.1, 0.15) is 10.4 Å². The highest BCUT2D eigenvalue weighted by atomic mass is 16.6. The van der Waals surface area contributed by atoms with Crippen LogP contribution in [0.25, 0.3) is 0 Å². The first-order valence-electron chi connectivity index (χ1n) is 4.13. The van der Waals surface area contributed by atoms with Crippen molar-refractivity contribution in [1.82, 2.24) is 0 Å². The number of aromatic carboxylic acids is 1. The lowest BCUT2D eigenvalue weighted by Crippen LogP contribution is -2.23. The lowest BCUT2D eigenvalue weighted by molar-refractivity contribution is -0.385. The molecule has 1 rings (SSSR count). The van der Waals surface area contributed by atoms with Crippen LogP contribution in [0.5, 0.6) is 11.5 Å². The summed E-state index contributed by atoms with van der Waals surface area (Å²) in [7, 11) is 2.59. The lowest BCUT2D eigenvalue weighted by Gasteiger charge is -2.10. The van der Waals surface area contributed by atoms with Gasteiger partial charge in [0.25, 0.3) is 5.69 Å².